The number of aryl methyl sites for hydroxylation is 2. The highest BCUT2D eigenvalue weighted by atomic mass is 15.3. The number of benzene rings is 1. The largest absolute Gasteiger partial charge is 0.299 e. The van der Waals surface area contributed by atoms with Crippen LogP contribution < -0.4 is 0 Å². The highest BCUT2D eigenvalue weighted by Gasteiger charge is 2.25. The van der Waals surface area contributed by atoms with Crippen LogP contribution >= 0.6 is 0 Å². The van der Waals surface area contributed by atoms with Crippen LogP contribution in [0.5, 0.6) is 0 Å². The number of nitrogens with one attached hydrogen (secondary N) is 1. The summed E-state index contributed by atoms with van der Waals surface area (Å²) in [7, 11) is 0. The van der Waals surface area contributed by atoms with Crippen LogP contribution in [0.3, 0.4) is 0 Å². The Morgan fingerprint density at radius 3 is 2.79 bits per heavy atom. The smallest absolute Gasteiger partial charge is 0.270 e. The van der Waals surface area contributed by atoms with Crippen LogP contribution in [0.2, 0.25) is 0 Å². The van der Waals surface area contributed by atoms with Gasteiger partial charge in [0.2, 0.25) is 0 Å². The van der Waals surface area contributed by atoms with E-state index >= 15 is 0 Å². The van der Waals surface area contributed by atoms with E-state index in [4.69, 9.17) is 6.57 Å². The summed E-state index contributed by atoms with van der Waals surface area (Å²) in [4.78, 5) is 10.1. The van der Waals surface area contributed by atoms with E-state index in [-0.39, 0.29) is 0 Å². The minimum atomic E-state index is 0.473. The zero-order chi connectivity index (χ0) is 20.0. The van der Waals surface area contributed by atoms with Crippen molar-refractivity contribution in [2.75, 3.05) is 19.8 Å². The summed E-state index contributed by atoms with van der Waals surface area (Å²) in [5.41, 5.74) is 7.75. The molecule has 1 aromatic carbocycles. The maximum absolute atomic E-state index is 7.06. The Morgan fingerprint density at radius 1 is 1.17 bits per heavy atom. The molecule has 0 spiro atoms. The number of fused-ring (bicyclic) bond motifs is 2. The second-order valence-corrected chi connectivity index (χ2v) is 7.95. The molecule has 0 bridgehead atoms. The monoisotopic (exact) mass is 385 g/mol. The number of hydrogen-bond donors (Lipinski definition) is 1. The van der Waals surface area contributed by atoms with Crippen LogP contribution in [0, 0.1) is 20.4 Å². The van der Waals surface area contributed by atoms with Gasteiger partial charge in [-0.15, -0.1) is 0 Å². The molecule has 7 nitrogen and oxygen atoms in total. The lowest BCUT2D eigenvalue weighted by molar-refractivity contribution is 0.230. The number of piperidine rings is 1. The molecule has 0 aliphatic carbocycles. The summed E-state index contributed by atoms with van der Waals surface area (Å²) in [6.07, 6.45) is 5.75. The molecule has 0 atom stereocenters. The van der Waals surface area contributed by atoms with Crippen molar-refractivity contribution >= 4 is 16.6 Å². The predicted octanol–water partition coefficient (Wildman–Crippen LogP) is 3.95. The highest BCUT2D eigenvalue weighted by molar-refractivity contribution is 5.88. The van der Waals surface area contributed by atoms with E-state index in [1.54, 1.807) is 6.33 Å². The number of aromatic amines is 1. The minimum absolute atomic E-state index is 0.473. The van der Waals surface area contributed by atoms with Crippen molar-refractivity contribution in [3.05, 3.63) is 59.0 Å². The molecule has 7 heteroatoms. The van der Waals surface area contributed by atoms with Gasteiger partial charge in [0, 0.05) is 41.8 Å². The van der Waals surface area contributed by atoms with Gasteiger partial charge in [-0.05, 0) is 61.6 Å². The van der Waals surface area contributed by atoms with Crippen LogP contribution in [0.1, 0.15) is 35.6 Å². The van der Waals surface area contributed by atoms with E-state index in [0.717, 1.165) is 48.2 Å². The molecule has 1 aliphatic rings. The highest BCUT2D eigenvalue weighted by Crippen LogP contribution is 2.35. The molecule has 0 amide bonds. The SMILES string of the molecule is [C-]#[N+]CN1CCC(c2[nH]nc3cc(-c4cc(C)c5ncnn5c4)c(C)cc23)CC1. The zero-order valence-corrected chi connectivity index (χ0v) is 16.7. The average Bonchev–Trinajstić information content (AvgIpc) is 3.35. The number of rotatable bonds is 3. The van der Waals surface area contributed by atoms with Gasteiger partial charge in [-0.2, -0.15) is 10.2 Å². The third-order valence-corrected chi connectivity index (χ3v) is 6.07. The first kappa shape index (κ1) is 17.8. The van der Waals surface area contributed by atoms with E-state index in [0.29, 0.717) is 12.6 Å². The van der Waals surface area contributed by atoms with Crippen molar-refractivity contribution in [1.29, 1.82) is 0 Å². The van der Waals surface area contributed by atoms with Gasteiger partial charge in [0.1, 0.15) is 6.33 Å². The maximum atomic E-state index is 7.06. The van der Waals surface area contributed by atoms with Gasteiger partial charge in [-0.3, -0.25) is 9.94 Å². The van der Waals surface area contributed by atoms with Crippen LogP contribution in [-0.2, 0) is 0 Å². The Labute approximate surface area is 169 Å². The van der Waals surface area contributed by atoms with Crippen LogP contribution in [0.25, 0.3) is 32.5 Å². The first-order valence-corrected chi connectivity index (χ1v) is 9.98. The topological polar surface area (TPSA) is 66.5 Å². The van der Waals surface area contributed by atoms with E-state index in [2.05, 4.69) is 62.1 Å². The molecule has 4 aromatic rings. The second-order valence-electron chi connectivity index (χ2n) is 7.95. The van der Waals surface area contributed by atoms with Crippen molar-refractivity contribution in [2.45, 2.75) is 32.6 Å². The number of hydrogen-bond acceptors (Lipinski definition) is 4. The van der Waals surface area contributed by atoms with Gasteiger partial charge >= 0.3 is 0 Å². The Morgan fingerprint density at radius 2 is 2.00 bits per heavy atom. The number of likely N-dealkylation sites (tertiary alicyclic amines) is 1. The average molecular weight is 385 g/mol. The summed E-state index contributed by atoms with van der Waals surface area (Å²) in [5, 5.41) is 13.5. The van der Waals surface area contributed by atoms with Crippen molar-refractivity contribution in [3.63, 3.8) is 0 Å². The summed E-state index contributed by atoms with van der Waals surface area (Å²) in [5.74, 6) is 0.473. The Hall–Kier alpha value is -3.24. The molecule has 5 rings (SSSR count). The van der Waals surface area contributed by atoms with Crippen molar-refractivity contribution in [3.8, 4) is 11.1 Å². The van der Waals surface area contributed by atoms with Crippen molar-refractivity contribution in [2.24, 2.45) is 0 Å². The standard InChI is InChI=1S/C22H23N7/c1-14-9-19-20(26-27-21(19)16-4-6-28(7-5-16)13-23-3)10-18(14)17-8-15(2)22-24-12-25-29(22)11-17/h8-12,16H,4-7,13H2,1-2H3,(H,26,27). The number of pyridine rings is 1. The first-order valence-electron chi connectivity index (χ1n) is 9.98. The number of aromatic nitrogens is 5. The molecular formula is C22H23N7. The van der Waals surface area contributed by atoms with Gasteiger partial charge in [0.05, 0.1) is 5.52 Å². The first-order chi connectivity index (χ1) is 14.1. The quantitative estimate of drug-likeness (QED) is 0.543. The molecule has 3 aromatic heterocycles. The molecule has 146 valence electrons. The molecule has 0 saturated carbocycles. The fraction of sp³-hybridized carbons (Fsp3) is 0.364. The fourth-order valence-corrected chi connectivity index (χ4v) is 4.51. The summed E-state index contributed by atoms with van der Waals surface area (Å²) in [6, 6.07) is 6.60. The summed E-state index contributed by atoms with van der Waals surface area (Å²) >= 11 is 0. The van der Waals surface area contributed by atoms with Crippen molar-refractivity contribution in [1.82, 2.24) is 29.7 Å². The summed E-state index contributed by atoms with van der Waals surface area (Å²) in [6.45, 7) is 13.7. The fourth-order valence-electron chi connectivity index (χ4n) is 4.51. The van der Waals surface area contributed by atoms with E-state index in [1.807, 2.05) is 10.7 Å². The van der Waals surface area contributed by atoms with Crippen molar-refractivity contribution < 1.29 is 0 Å². The third-order valence-electron chi connectivity index (χ3n) is 6.07. The molecule has 29 heavy (non-hydrogen) atoms. The molecule has 1 saturated heterocycles. The Bertz CT molecular complexity index is 1240. The maximum Gasteiger partial charge on any atom is 0.270 e. The molecule has 4 heterocycles. The van der Waals surface area contributed by atoms with E-state index in [1.165, 1.54) is 22.2 Å². The molecule has 0 unspecified atom stereocenters. The van der Waals surface area contributed by atoms with Gasteiger partial charge in [-0.25, -0.2) is 21.0 Å². The lowest BCUT2D eigenvalue weighted by Gasteiger charge is -2.28. The van der Waals surface area contributed by atoms with Crippen LogP contribution in [0.15, 0.2) is 30.7 Å². The molecule has 1 aliphatic heterocycles. The molecular weight excluding hydrogens is 362 g/mol. The lowest BCUT2D eigenvalue weighted by Crippen LogP contribution is -2.32. The number of nitrogens with zero attached hydrogens (tertiary/aromatic N) is 6. The van der Waals surface area contributed by atoms with E-state index in [9.17, 15) is 0 Å². The predicted molar refractivity (Wildman–Crippen MR) is 113 cm³/mol. The van der Waals surface area contributed by atoms with Gasteiger partial charge in [-0.1, -0.05) is 0 Å². The number of H-pyrrole nitrogens is 1. The molecule has 0 radical (unpaired) electrons. The van der Waals surface area contributed by atoms with Gasteiger partial charge in [0.15, 0.2) is 5.65 Å². The Kier molecular flexibility index (Phi) is 4.29. The minimum Gasteiger partial charge on any atom is -0.299 e. The summed E-state index contributed by atoms with van der Waals surface area (Å²) < 4.78 is 1.83. The molecule has 1 N–H and O–H groups in total. The molecule has 1 fully saturated rings. The van der Waals surface area contributed by atoms with Crippen LogP contribution in [0.4, 0.5) is 0 Å². The lowest BCUT2D eigenvalue weighted by atomic mass is 9.90. The normalized spacial score (nSPS) is 15.9. The van der Waals surface area contributed by atoms with Crippen LogP contribution in [-0.4, -0.2) is 49.5 Å². The zero-order valence-electron chi connectivity index (χ0n) is 16.7. The second kappa shape index (κ2) is 6.98. The van der Waals surface area contributed by atoms with Gasteiger partial charge in [0.25, 0.3) is 6.67 Å². The van der Waals surface area contributed by atoms with E-state index < -0.39 is 0 Å². The third kappa shape index (κ3) is 3.06. The Balaban J connectivity index is 1.51. The van der Waals surface area contributed by atoms with Gasteiger partial charge < -0.3 is 0 Å².